The molecule has 0 saturated heterocycles. The Balaban J connectivity index is 1.87. The molecular formula is C16H22ClN. The summed E-state index contributed by atoms with van der Waals surface area (Å²) < 4.78 is 0. The molecule has 0 aliphatic heterocycles. The predicted molar refractivity (Wildman–Crippen MR) is 76.9 cm³/mol. The number of benzene rings is 1. The van der Waals surface area contributed by atoms with E-state index < -0.39 is 0 Å². The van der Waals surface area contributed by atoms with Crippen LogP contribution in [0.3, 0.4) is 0 Å². The zero-order valence-corrected chi connectivity index (χ0v) is 11.7. The maximum atomic E-state index is 6.42. The van der Waals surface area contributed by atoms with E-state index in [9.17, 15) is 0 Å². The first-order chi connectivity index (χ1) is 8.70. The molecule has 2 bridgehead atoms. The zero-order chi connectivity index (χ0) is 12.6. The van der Waals surface area contributed by atoms with Crippen molar-refractivity contribution in [2.24, 2.45) is 11.1 Å². The Morgan fingerprint density at radius 2 is 1.61 bits per heavy atom. The van der Waals surface area contributed by atoms with Crippen LogP contribution >= 0.6 is 11.6 Å². The summed E-state index contributed by atoms with van der Waals surface area (Å²) in [6.07, 6.45) is 9.15. The van der Waals surface area contributed by atoms with Gasteiger partial charge in [0.15, 0.2) is 0 Å². The molecule has 0 heterocycles. The van der Waals surface area contributed by atoms with Crippen LogP contribution in [-0.4, -0.2) is 6.54 Å². The van der Waals surface area contributed by atoms with Crippen LogP contribution in [-0.2, 0) is 5.41 Å². The van der Waals surface area contributed by atoms with E-state index >= 15 is 0 Å². The smallest absolute Gasteiger partial charge is 0.0443 e. The second kappa shape index (κ2) is 4.54. The van der Waals surface area contributed by atoms with Gasteiger partial charge < -0.3 is 5.73 Å². The Morgan fingerprint density at radius 1 is 1.00 bits per heavy atom. The fourth-order valence-electron chi connectivity index (χ4n) is 4.24. The summed E-state index contributed by atoms with van der Waals surface area (Å²) in [7, 11) is 0. The van der Waals surface area contributed by atoms with Gasteiger partial charge in [-0.15, -0.1) is 0 Å². The topological polar surface area (TPSA) is 26.0 Å². The molecule has 3 aliphatic carbocycles. The lowest BCUT2D eigenvalue weighted by molar-refractivity contribution is 0.0347. The van der Waals surface area contributed by atoms with Crippen LogP contribution in [0, 0.1) is 5.41 Å². The molecule has 2 N–H and O–H groups in total. The van der Waals surface area contributed by atoms with E-state index in [1.165, 1.54) is 50.5 Å². The molecule has 18 heavy (non-hydrogen) atoms. The Hall–Kier alpha value is -0.530. The van der Waals surface area contributed by atoms with E-state index in [0.717, 1.165) is 11.6 Å². The minimum absolute atomic E-state index is 0.370. The molecule has 4 rings (SSSR count). The molecule has 2 heteroatoms. The lowest BCUT2D eigenvalue weighted by Crippen LogP contribution is -2.45. The molecule has 1 aromatic rings. The third-order valence-electron chi connectivity index (χ3n) is 5.52. The quantitative estimate of drug-likeness (QED) is 0.865. The van der Waals surface area contributed by atoms with Crippen LogP contribution < -0.4 is 5.73 Å². The standard InChI is InChI=1S/C16H22ClN/c17-14-4-2-1-3-13(14)16-8-5-15(6-9-16,7-10-16)11-12-18/h1-4H,5-12,18H2. The zero-order valence-electron chi connectivity index (χ0n) is 10.9. The molecule has 1 nitrogen and oxygen atoms in total. The Labute approximate surface area is 115 Å². The highest BCUT2D eigenvalue weighted by atomic mass is 35.5. The highest BCUT2D eigenvalue weighted by Crippen LogP contribution is 2.59. The molecule has 0 amide bonds. The van der Waals surface area contributed by atoms with Gasteiger partial charge in [-0.05, 0) is 74.0 Å². The number of nitrogens with two attached hydrogens (primary N) is 1. The van der Waals surface area contributed by atoms with Gasteiger partial charge in [-0.3, -0.25) is 0 Å². The number of hydrogen-bond acceptors (Lipinski definition) is 1. The van der Waals surface area contributed by atoms with Crippen LogP contribution in [0.15, 0.2) is 24.3 Å². The van der Waals surface area contributed by atoms with Crippen molar-refractivity contribution in [1.82, 2.24) is 0 Å². The number of fused-ring (bicyclic) bond motifs is 3. The number of halogens is 1. The molecular weight excluding hydrogens is 242 g/mol. The monoisotopic (exact) mass is 263 g/mol. The second-order valence-electron chi connectivity index (χ2n) is 6.30. The maximum absolute atomic E-state index is 6.42. The Kier molecular flexibility index (Phi) is 3.15. The fraction of sp³-hybridized carbons (Fsp3) is 0.625. The molecule has 98 valence electrons. The second-order valence-corrected chi connectivity index (χ2v) is 6.71. The average molecular weight is 264 g/mol. The fourth-order valence-corrected chi connectivity index (χ4v) is 4.58. The average Bonchev–Trinajstić information content (AvgIpc) is 2.41. The van der Waals surface area contributed by atoms with Crippen LogP contribution in [0.1, 0.15) is 50.5 Å². The van der Waals surface area contributed by atoms with Crippen molar-refractivity contribution in [3.8, 4) is 0 Å². The molecule has 0 aromatic heterocycles. The number of hydrogen-bond donors (Lipinski definition) is 1. The van der Waals surface area contributed by atoms with Crippen molar-refractivity contribution in [2.45, 2.75) is 50.4 Å². The van der Waals surface area contributed by atoms with Gasteiger partial charge >= 0.3 is 0 Å². The molecule has 0 radical (unpaired) electrons. The maximum Gasteiger partial charge on any atom is 0.0443 e. The van der Waals surface area contributed by atoms with Gasteiger partial charge in [0.05, 0.1) is 0 Å². The van der Waals surface area contributed by atoms with E-state index in [2.05, 4.69) is 12.1 Å². The lowest BCUT2D eigenvalue weighted by Gasteiger charge is -2.54. The van der Waals surface area contributed by atoms with E-state index in [0.29, 0.717) is 10.8 Å². The Morgan fingerprint density at radius 3 is 2.17 bits per heavy atom. The van der Waals surface area contributed by atoms with Crippen molar-refractivity contribution < 1.29 is 0 Å². The Bertz CT molecular complexity index is 416. The van der Waals surface area contributed by atoms with Crippen LogP contribution in [0.25, 0.3) is 0 Å². The summed E-state index contributed by atoms with van der Waals surface area (Å²) in [5.74, 6) is 0. The summed E-state index contributed by atoms with van der Waals surface area (Å²) in [5, 5.41) is 0.964. The minimum atomic E-state index is 0.370. The lowest BCUT2D eigenvalue weighted by atomic mass is 9.51. The van der Waals surface area contributed by atoms with Gasteiger partial charge in [-0.2, -0.15) is 0 Å². The molecule has 0 unspecified atom stereocenters. The molecule has 3 fully saturated rings. The molecule has 1 aromatic carbocycles. The molecule has 3 saturated carbocycles. The summed E-state index contributed by atoms with van der Waals surface area (Å²) in [6.45, 7) is 0.846. The van der Waals surface area contributed by atoms with Crippen molar-refractivity contribution in [2.75, 3.05) is 6.54 Å². The van der Waals surface area contributed by atoms with Crippen molar-refractivity contribution in [1.29, 1.82) is 0 Å². The van der Waals surface area contributed by atoms with Gasteiger partial charge in [0.25, 0.3) is 0 Å². The van der Waals surface area contributed by atoms with E-state index in [1.54, 1.807) is 0 Å². The summed E-state index contributed by atoms with van der Waals surface area (Å²) in [4.78, 5) is 0. The van der Waals surface area contributed by atoms with Gasteiger partial charge in [-0.1, -0.05) is 29.8 Å². The number of rotatable bonds is 3. The van der Waals surface area contributed by atoms with Crippen molar-refractivity contribution in [3.05, 3.63) is 34.9 Å². The van der Waals surface area contributed by atoms with E-state index in [-0.39, 0.29) is 0 Å². The summed E-state index contributed by atoms with van der Waals surface area (Å²) >= 11 is 6.42. The third-order valence-corrected chi connectivity index (χ3v) is 5.85. The van der Waals surface area contributed by atoms with Gasteiger partial charge in [0.2, 0.25) is 0 Å². The SMILES string of the molecule is NCCC12CCC(c3ccccc3Cl)(CC1)CC2. The van der Waals surface area contributed by atoms with Gasteiger partial charge in [0, 0.05) is 5.02 Å². The highest BCUT2D eigenvalue weighted by molar-refractivity contribution is 6.31. The molecule has 0 spiro atoms. The van der Waals surface area contributed by atoms with Gasteiger partial charge in [-0.25, -0.2) is 0 Å². The van der Waals surface area contributed by atoms with E-state index in [1.807, 2.05) is 12.1 Å². The molecule has 0 atom stereocenters. The highest BCUT2D eigenvalue weighted by Gasteiger charge is 2.49. The first kappa shape index (κ1) is 12.5. The van der Waals surface area contributed by atoms with E-state index in [4.69, 9.17) is 17.3 Å². The predicted octanol–water partition coefficient (Wildman–Crippen LogP) is 4.28. The normalized spacial score (nSPS) is 34.8. The molecule has 3 aliphatic rings. The first-order valence-electron chi connectivity index (χ1n) is 7.15. The van der Waals surface area contributed by atoms with Gasteiger partial charge in [0.1, 0.15) is 0 Å². The van der Waals surface area contributed by atoms with Crippen molar-refractivity contribution in [3.63, 3.8) is 0 Å². The minimum Gasteiger partial charge on any atom is -0.330 e. The summed E-state index contributed by atoms with van der Waals surface area (Å²) in [6, 6.07) is 8.45. The van der Waals surface area contributed by atoms with Crippen LogP contribution in [0.2, 0.25) is 5.02 Å². The first-order valence-corrected chi connectivity index (χ1v) is 7.53. The van der Waals surface area contributed by atoms with Crippen LogP contribution in [0.4, 0.5) is 0 Å². The summed E-state index contributed by atoms with van der Waals surface area (Å²) in [5.41, 5.74) is 8.12. The third kappa shape index (κ3) is 1.88. The van der Waals surface area contributed by atoms with Crippen molar-refractivity contribution >= 4 is 11.6 Å². The van der Waals surface area contributed by atoms with Crippen LogP contribution in [0.5, 0.6) is 0 Å². The largest absolute Gasteiger partial charge is 0.330 e.